The molecule has 0 aliphatic carbocycles. The molecule has 0 saturated carbocycles. The van der Waals surface area contributed by atoms with E-state index in [4.69, 9.17) is 28.4 Å². The summed E-state index contributed by atoms with van der Waals surface area (Å²) in [6, 6.07) is 0. The van der Waals surface area contributed by atoms with E-state index in [1.54, 1.807) is 14.2 Å². The van der Waals surface area contributed by atoms with Gasteiger partial charge >= 0.3 is 0 Å². The fourth-order valence-corrected chi connectivity index (χ4v) is 1.35. The number of methoxy groups -OCH3 is 2. The van der Waals surface area contributed by atoms with Crippen LogP contribution in [0.3, 0.4) is 0 Å². The van der Waals surface area contributed by atoms with Crippen molar-refractivity contribution in [2.75, 3.05) is 80.3 Å². The number of hydrogen-bond donors (Lipinski definition) is 2. The Balaban J connectivity index is -0.00000220. The van der Waals surface area contributed by atoms with Crippen molar-refractivity contribution in [1.29, 1.82) is 0 Å². The van der Waals surface area contributed by atoms with E-state index in [-0.39, 0.29) is 40.2 Å². The highest BCUT2D eigenvalue weighted by Crippen LogP contribution is 1.96. The number of rotatable bonds is 17. The molecule has 0 aromatic heterocycles. The maximum absolute atomic E-state index is 9.67. The van der Waals surface area contributed by atoms with Crippen LogP contribution in [0.4, 0.5) is 0 Å². The summed E-state index contributed by atoms with van der Waals surface area (Å²) in [7, 11) is 3.21. The lowest BCUT2D eigenvalue weighted by Gasteiger charge is -2.18. The Morgan fingerprint density at radius 2 is 0.833 bits per heavy atom. The van der Waals surface area contributed by atoms with Crippen molar-refractivity contribution in [2.24, 2.45) is 0 Å². The highest BCUT2D eigenvalue weighted by molar-refractivity contribution is 7.59. The molecule has 2 atom stereocenters. The molecule has 0 spiro atoms. The molecule has 0 fully saturated rings. The van der Waals surface area contributed by atoms with Crippen molar-refractivity contribution in [3.05, 3.63) is 0 Å². The molecule has 0 aliphatic rings. The molecule has 10 heteroatoms. The van der Waals surface area contributed by atoms with Gasteiger partial charge in [0.2, 0.25) is 0 Å². The van der Waals surface area contributed by atoms with Gasteiger partial charge in [-0.15, -0.1) is 0 Å². The van der Waals surface area contributed by atoms with E-state index in [1.807, 2.05) is 0 Å². The van der Waals surface area contributed by atoms with E-state index in [0.29, 0.717) is 52.9 Å². The molecular formula is C14H34O8S2. The van der Waals surface area contributed by atoms with E-state index < -0.39 is 12.2 Å². The van der Waals surface area contributed by atoms with Gasteiger partial charge in [0.25, 0.3) is 0 Å². The molecule has 0 unspecified atom stereocenters. The Kier molecular flexibility index (Phi) is 28.4. The lowest BCUT2D eigenvalue weighted by atomic mass is 10.2. The van der Waals surface area contributed by atoms with Crippen LogP contribution < -0.4 is 0 Å². The topological polar surface area (TPSA) is 95.8 Å². The summed E-state index contributed by atoms with van der Waals surface area (Å²) in [6.45, 7) is 3.68. The molecule has 0 radical (unpaired) electrons. The third kappa shape index (κ3) is 20.4. The van der Waals surface area contributed by atoms with Crippen LogP contribution in [-0.2, 0) is 28.4 Å². The second-order valence-electron chi connectivity index (χ2n) is 4.49. The third-order valence-corrected chi connectivity index (χ3v) is 2.63. The second-order valence-corrected chi connectivity index (χ2v) is 4.49. The van der Waals surface area contributed by atoms with Crippen LogP contribution in [0.2, 0.25) is 0 Å². The number of ether oxygens (including phenoxy) is 6. The Morgan fingerprint density at radius 1 is 0.542 bits per heavy atom. The van der Waals surface area contributed by atoms with Crippen LogP contribution in [0.5, 0.6) is 0 Å². The summed E-state index contributed by atoms with van der Waals surface area (Å²) in [6.07, 6.45) is -1.98. The third-order valence-electron chi connectivity index (χ3n) is 2.63. The maximum Gasteiger partial charge on any atom is 0.105 e. The first-order valence-corrected chi connectivity index (χ1v) is 7.37. The first-order valence-electron chi connectivity index (χ1n) is 7.37. The summed E-state index contributed by atoms with van der Waals surface area (Å²) in [5.41, 5.74) is 0. The monoisotopic (exact) mass is 394 g/mol. The van der Waals surface area contributed by atoms with Crippen molar-refractivity contribution in [2.45, 2.75) is 12.2 Å². The van der Waals surface area contributed by atoms with Gasteiger partial charge in [-0.3, -0.25) is 0 Å². The molecule has 8 nitrogen and oxygen atoms in total. The first kappa shape index (κ1) is 29.2. The number of hydrogen-bond acceptors (Lipinski definition) is 8. The molecule has 0 aromatic rings. The van der Waals surface area contributed by atoms with Gasteiger partial charge < -0.3 is 38.6 Å². The van der Waals surface area contributed by atoms with Gasteiger partial charge in [0.05, 0.1) is 66.1 Å². The van der Waals surface area contributed by atoms with E-state index in [0.717, 1.165) is 0 Å². The minimum absolute atomic E-state index is 0. The van der Waals surface area contributed by atoms with Crippen molar-refractivity contribution >= 4 is 27.0 Å². The molecular weight excluding hydrogens is 360 g/mol. The molecule has 0 saturated heterocycles. The molecule has 0 bridgehead atoms. The van der Waals surface area contributed by atoms with Crippen LogP contribution in [-0.4, -0.2) is 103 Å². The highest BCUT2D eigenvalue weighted by atomic mass is 32.1. The number of aliphatic hydroxyl groups is 2. The summed E-state index contributed by atoms with van der Waals surface area (Å²) in [4.78, 5) is 0. The first-order chi connectivity index (χ1) is 10.7. The predicted octanol–water partition coefficient (Wildman–Crippen LogP) is -0.707. The molecule has 0 heterocycles. The zero-order chi connectivity index (χ0) is 16.5. The predicted molar refractivity (Wildman–Crippen MR) is 99.8 cm³/mol. The van der Waals surface area contributed by atoms with E-state index in [1.165, 1.54) is 0 Å². The molecule has 0 rings (SSSR count). The summed E-state index contributed by atoms with van der Waals surface area (Å²) >= 11 is 0. The summed E-state index contributed by atoms with van der Waals surface area (Å²) in [5, 5.41) is 19.3. The van der Waals surface area contributed by atoms with Gasteiger partial charge in [-0.2, -0.15) is 27.0 Å². The number of aliphatic hydroxyl groups excluding tert-OH is 2. The fourth-order valence-electron chi connectivity index (χ4n) is 1.35. The highest BCUT2D eigenvalue weighted by Gasteiger charge is 2.16. The van der Waals surface area contributed by atoms with E-state index in [2.05, 4.69) is 0 Å². The SMILES string of the molecule is COCCOCCOC[C@H](O)[C@@H](O)COCCOCCOC.S.S. The molecule has 24 heavy (non-hydrogen) atoms. The van der Waals surface area contributed by atoms with Gasteiger partial charge in [-0.05, 0) is 0 Å². The Hall–Kier alpha value is 0.380. The van der Waals surface area contributed by atoms with Gasteiger partial charge in [-0.25, -0.2) is 0 Å². The maximum atomic E-state index is 9.67. The average Bonchev–Trinajstić information content (AvgIpc) is 2.52. The van der Waals surface area contributed by atoms with Crippen molar-refractivity contribution in [3.8, 4) is 0 Å². The van der Waals surface area contributed by atoms with Crippen LogP contribution in [0.25, 0.3) is 0 Å². The summed E-state index contributed by atoms with van der Waals surface area (Å²) in [5.74, 6) is 0. The zero-order valence-electron chi connectivity index (χ0n) is 14.6. The standard InChI is InChI=1S/C14H30O8.2H2S/c1-17-3-5-19-7-9-21-11-13(15)14(16)12-22-10-8-20-6-4-18-2;;/h13-16H,3-12H2,1-2H3;2*1H2/t13-,14-;;/m0../s1. The molecule has 150 valence electrons. The van der Waals surface area contributed by atoms with Crippen molar-refractivity contribution < 1.29 is 38.6 Å². The van der Waals surface area contributed by atoms with Gasteiger partial charge in [0.15, 0.2) is 0 Å². The minimum atomic E-state index is -0.992. The zero-order valence-corrected chi connectivity index (χ0v) is 16.6. The molecule has 0 aliphatic heterocycles. The van der Waals surface area contributed by atoms with Crippen LogP contribution >= 0.6 is 27.0 Å². The van der Waals surface area contributed by atoms with Gasteiger partial charge in [0.1, 0.15) is 12.2 Å². The smallest absolute Gasteiger partial charge is 0.105 e. The Morgan fingerprint density at radius 3 is 1.17 bits per heavy atom. The van der Waals surface area contributed by atoms with Crippen LogP contribution in [0, 0.1) is 0 Å². The lowest BCUT2D eigenvalue weighted by molar-refractivity contribution is -0.0818. The van der Waals surface area contributed by atoms with Gasteiger partial charge in [0, 0.05) is 14.2 Å². The normalized spacial score (nSPS) is 13.0. The fraction of sp³-hybridized carbons (Fsp3) is 1.00. The van der Waals surface area contributed by atoms with Crippen molar-refractivity contribution in [1.82, 2.24) is 0 Å². The largest absolute Gasteiger partial charge is 0.388 e. The molecule has 0 amide bonds. The average molecular weight is 395 g/mol. The van der Waals surface area contributed by atoms with Crippen LogP contribution in [0.15, 0.2) is 0 Å². The molecule has 0 aromatic carbocycles. The quantitative estimate of drug-likeness (QED) is 0.313. The van der Waals surface area contributed by atoms with Crippen LogP contribution in [0.1, 0.15) is 0 Å². The Labute approximate surface area is 158 Å². The molecule has 2 N–H and O–H groups in total. The minimum Gasteiger partial charge on any atom is -0.388 e. The van der Waals surface area contributed by atoms with Crippen molar-refractivity contribution in [3.63, 3.8) is 0 Å². The van der Waals surface area contributed by atoms with Gasteiger partial charge in [-0.1, -0.05) is 0 Å². The summed E-state index contributed by atoms with van der Waals surface area (Å²) < 4.78 is 30.4. The Bertz CT molecular complexity index is 205. The lowest BCUT2D eigenvalue weighted by Crippen LogP contribution is -2.35. The van der Waals surface area contributed by atoms with E-state index in [9.17, 15) is 10.2 Å². The second kappa shape index (κ2) is 23.4. The van der Waals surface area contributed by atoms with E-state index >= 15 is 0 Å².